The molecule has 3 heterocycles. The van der Waals surface area contributed by atoms with Gasteiger partial charge < -0.3 is 14.6 Å². The average Bonchev–Trinajstić information content (AvgIpc) is 3.03. The number of rotatable bonds is 1. The maximum absolute atomic E-state index is 13.4. The molecule has 0 bridgehead atoms. The Balaban J connectivity index is 1.69. The summed E-state index contributed by atoms with van der Waals surface area (Å²) in [4.78, 5) is 33.3. The van der Waals surface area contributed by atoms with Gasteiger partial charge in [0.15, 0.2) is 0 Å². The summed E-state index contributed by atoms with van der Waals surface area (Å²) < 4.78 is 5.64. The summed E-state index contributed by atoms with van der Waals surface area (Å²) in [6.07, 6.45) is 3.32. The summed E-state index contributed by atoms with van der Waals surface area (Å²) in [7, 11) is 0. The van der Waals surface area contributed by atoms with Gasteiger partial charge in [-0.2, -0.15) is 0 Å². The number of hydrogen-bond donors (Lipinski definition) is 1. The molecule has 4 rings (SSSR count). The number of hydrogen-bond acceptors (Lipinski definition) is 3. The van der Waals surface area contributed by atoms with Crippen LogP contribution in [0.1, 0.15) is 51.3 Å². The average molecular weight is 383 g/mol. The first-order chi connectivity index (χ1) is 13.3. The first kappa shape index (κ1) is 18.8. The fourth-order valence-electron chi connectivity index (χ4n) is 4.27. The summed E-state index contributed by atoms with van der Waals surface area (Å²) in [5.74, 6) is 0.0430. The highest BCUT2D eigenvalue weighted by Crippen LogP contribution is 2.32. The number of H-pyrrole nitrogens is 1. The molecule has 6 heteroatoms. The summed E-state index contributed by atoms with van der Waals surface area (Å²) >= 11 is 0. The molecule has 0 saturated carbocycles. The Morgan fingerprint density at radius 3 is 2.54 bits per heavy atom. The van der Waals surface area contributed by atoms with Crippen molar-refractivity contribution in [3.8, 4) is 0 Å². The number of nitrogens with zero attached hydrogens (tertiary/aromatic N) is 2. The molecule has 1 saturated heterocycles. The van der Waals surface area contributed by atoms with Crippen molar-refractivity contribution in [2.45, 2.75) is 64.6 Å². The van der Waals surface area contributed by atoms with Gasteiger partial charge in [-0.1, -0.05) is 18.2 Å². The van der Waals surface area contributed by atoms with Gasteiger partial charge in [0.2, 0.25) is 5.91 Å². The number of benzene rings is 1. The van der Waals surface area contributed by atoms with E-state index in [0.29, 0.717) is 13.0 Å². The first-order valence-corrected chi connectivity index (χ1v) is 10.2. The summed E-state index contributed by atoms with van der Waals surface area (Å²) in [5.41, 5.74) is 2.58. The number of piperidine rings is 1. The van der Waals surface area contributed by atoms with E-state index in [2.05, 4.69) is 11.1 Å². The van der Waals surface area contributed by atoms with Gasteiger partial charge in [-0.05, 0) is 51.7 Å². The van der Waals surface area contributed by atoms with E-state index >= 15 is 0 Å². The number of fused-ring (bicyclic) bond motifs is 3. The van der Waals surface area contributed by atoms with Crippen LogP contribution in [0, 0.1) is 0 Å². The van der Waals surface area contributed by atoms with Crippen molar-refractivity contribution in [1.29, 1.82) is 0 Å². The molecule has 1 aromatic carbocycles. The standard InChI is InChI=1S/C22H29N3O3/c1-22(2,3)28-21(27)25-14-18-16(15-9-5-6-10-17(15)23-18)13-19(25)20(26)24-11-7-4-8-12-24/h5-6,9-10,19,23H,4,7-8,11-14H2,1-3H3/t19-/m0/s1. The van der Waals surface area contributed by atoms with Crippen molar-refractivity contribution in [2.24, 2.45) is 0 Å². The van der Waals surface area contributed by atoms with Crippen molar-refractivity contribution in [2.75, 3.05) is 13.1 Å². The lowest BCUT2D eigenvalue weighted by Gasteiger charge is -2.39. The second-order valence-corrected chi connectivity index (χ2v) is 8.84. The predicted molar refractivity (Wildman–Crippen MR) is 108 cm³/mol. The molecule has 6 nitrogen and oxygen atoms in total. The van der Waals surface area contributed by atoms with Crippen LogP contribution < -0.4 is 0 Å². The van der Waals surface area contributed by atoms with Crippen molar-refractivity contribution in [3.05, 3.63) is 35.5 Å². The molecular formula is C22H29N3O3. The molecule has 28 heavy (non-hydrogen) atoms. The topological polar surface area (TPSA) is 65.6 Å². The minimum absolute atomic E-state index is 0.0430. The minimum Gasteiger partial charge on any atom is -0.444 e. The predicted octanol–water partition coefficient (Wildman–Crippen LogP) is 3.84. The van der Waals surface area contributed by atoms with E-state index in [1.165, 1.54) is 0 Å². The molecule has 2 aliphatic rings. The summed E-state index contributed by atoms with van der Waals surface area (Å²) in [6.45, 7) is 7.47. The van der Waals surface area contributed by atoms with Crippen molar-refractivity contribution in [3.63, 3.8) is 0 Å². The number of nitrogens with one attached hydrogen (secondary N) is 1. The normalized spacial score (nSPS) is 20.2. The fraction of sp³-hybridized carbons (Fsp3) is 0.545. The van der Waals surface area contributed by atoms with Gasteiger partial charge in [-0.15, -0.1) is 0 Å². The molecule has 2 amide bonds. The molecule has 2 aliphatic heterocycles. The molecule has 1 aromatic heterocycles. The zero-order chi connectivity index (χ0) is 19.9. The molecule has 1 atom stereocenters. The largest absolute Gasteiger partial charge is 0.444 e. The van der Waals surface area contributed by atoms with E-state index in [4.69, 9.17) is 4.74 Å². The lowest BCUT2D eigenvalue weighted by atomic mass is 9.95. The fourth-order valence-corrected chi connectivity index (χ4v) is 4.27. The Labute approximate surface area is 165 Å². The lowest BCUT2D eigenvalue weighted by molar-refractivity contribution is -0.138. The Bertz CT molecular complexity index is 890. The van der Waals surface area contributed by atoms with Crippen molar-refractivity contribution < 1.29 is 14.3 Å². The first-order valence-electron chi connectivity index (χ1n) is 10.2. The van der Waals surface area contributed by atoms with E-state index in [1.54, 1.807) is 4.90 Å². The van der Waals surface area contributed by atoms with E-state index in [1.807, 2.05) is 43.9 Å². The third-order valence-electron chi connectivity index (χ3n) is 5.58. The van der Waals surface area contributed by atoms with E-state index in [-0.39, 0.29) is 5.91 Å². The van der Waals surface area contributed by atoms with Gasteiger partial charge >= 0.3 is 6.09 Å². The monoisotopic (exact) mass is 383 g/mol. The zero-order valence-electron chi connectivity index (χ0n) is 17.0. The van der Waals surface area contributed by atoms with Gasteiger partial charge in [-0.25, -0.2) is 4.79 Å². The molecule has 0 unspecified atom stereocenters. The van der Waals surface area contributed by atoms with Crippen LogP contribution in [0.2, 0.25) is 0 Å². The smallest absolute Gasteiger partial charge is 0.411 e. The number of carbonyl (C=O) groups excluding carboxylic acids is 2. The molecule has 0 spiro atoms. The number of amides is 2. The molecule has 1 N–H and O–H groups in total. The molecule has 0 aliphatic carbocycles. The van der Waals surface area contributed by atoms with Crippen LogP contribution in [0.15, 0.2) is 24.3 Å². The number of ether oxygens (including phenoxy) is 1. The summed E-state index contributed by atoms with van der Waals surface area (Å²) in [5, 5.41) is 1.14. The molecule has 1 fully saturated rings. The van der Waals surface area contributed by atoms with E-state index in [9.17, 15) is 9.59 Å². The van der Waals surface area contributed by atoms with Crippen LogP contribution in [0.5, 0.6) is 0 Å². The molecule has 0 radical (unpaired) electrons. The Hall–Kier alpha value is -2.50. The second-order valence-electron chi connectivity index (χ2n) is 8.84. The van der Waals surface area contributed by atoms with E-state index < -0.39 is 17.7 Å². The van der Waals surface area contributed by atoms with Crippen LogP contribution in [-0.4, -0.2) is 51.5 Å². The SMILES string of the molecule is CC(C)(C)OC(=O)N1Cc2[nH]c3ccccc3c2C[C@H]1C(=O)N1CCCCC1. The van der Waals surface area contributed by atoms with Crippen LogP contribution in [-0.2, 0) is 22.5 Å². The van der Waals surface area contributed by atoms with Gasteiger partial charge in [-0.3, -0.25) is 9.69 Å². The molecule has 150 valence electrons. The maximum atomic E-state index is 13.4. The molecular weight excluding hydrogens is 354 g/mol. The third-order valence-corrected chi connectivity index (χ3v) is 5.58. The number of aromatic nitrogens is 1. The molecule has 2 aromatic rings. The van der Waals surface area contributed by atoms with E-state index in [0.717, 1.165) is 54.5 Å². The van der Waals surface area contributed by atoms with Gasteiger partial charge in [0.05, 0.1) is 6.54 Å². The zero-order valence-corrected chi connectivity index (χ0v) is 17.0. The Morgan fingerprint density at radius 2 is 1.82 bits per heavy atom. The van der Waals surface area contributed by atoms with Gasteiger partial charge in [0.25, 0.3) is 0 Å². The van der Waals surface area contributed by atoms with Gasteiger partial charge in [0.1, 0.15) is 11.6 Å². The number of carbonyl (C=O) groups is 2. The third kappa shape index (κ3) is 3.60. The van der Waals surface area contributed by atoms with Crippen LogP contribution in [0.3, 0.4) is 0 Å². The van der Waals surface area contributed by atoms with Crippen LogP contribution in [0.4, 0.5) is 4.79 Å². The summed E-state index contributed by atoms with van der Waals surface area (Å²) in [6, 6.07) is 7.60. The Morgan fingerprint density at radius 1 is 1.11 bits per heavy atom. The van der Waals surface area contributed by atoms with Crippen LogP contribution in [0.25, 0.3) is 10.9 Å². The maximum Gasteiger partial charge on any atom is 0.411 e. The van der Waals surface area contributed by atoms with Crippen molar-refractivity contribution in [1.82, 2.24) is 14.8 Å². The van der Waals surface area contributed by atoms with Crippen molar-refractivity contribution >= 4 is 22.9 Å². The highest BCUT2D eigenvalue weighted by Gasteiger charge is 2.40. The van der Waals surface area contributed by atoms with Crippen LogP contribution >= 0.6 is 0 Å². The van der Waals surface area contributed by atoms with Gasteiger partial charge in [0, 0.05) is 36.1 Å². The number of para-hydroxylation sites is 1. The quantitative estimate of drug-likeness (QED) is 0.814. The number of aromatic amines is 1. The Kier molecular flexibility index (Phi) is 4.81. The second kappa shape index (κ2) is 7.15. The lowest BCUT2D eigenvalue weighted by Crippen LogP contribution is -2.55. The highest BCUT2D eigenvalue weighted by molar-refractivity contribution is 5.90. The number of likely N-dealkylation sites (tertiary alicyclic amines) is 1. The minimum atomic E-state index is -0.601. The highest BCUT2D eigenvalue weighted by atomic mass is 16.6.